The third-order valence-electron chi connectivity index (χ3n) is 1.99. The van der Waals surface area contributed by atoms with Crippen molar-refractivity contribution in [3.05, 3.63) is 22.4 Å². The average molecular weight is 229 g/mol. The minimum absolute atomic E-state index is 0.440. The van der Waals surface area contributed by atoms with Gasteiger partial charge < -0.3 is 4.74 Å². The van der Waals surface area contributed by atoms with Crippen LogP contribution in [0.15, 0.2) is 16.7 Å². The van der Waals surface area contributed by atoms with Crippen molar-refractivity contribution in [2.24, 2.45) is 0 Å². The summed E-state index contributed by atoms with van der Waals surface area (Å²) in [7, 11) is 0. The Morgan fingerprint density at radius 2 is 2.50 bits per heavy atom. The summed E-state index contributed by atoms with van der Waals surface area (Å²) in [6.45, 7) is 1.63. The maximum Gasteiger partial charge on any atom is 0.0697 e. The van der Waals surface area contributed by atoms with E-state index < -0.39 is 0 Å². The molecule has 0 aliphatic carbocycles. The Bertz CT molecular complexity index is 274. The first-order chi connectivity index (χ1) is 5.86. The van der Waals surface area contributed by atoms with Crippen LogP contribution in [0.1, 0.15) is 18.0 Å². The molecule has 1 aliphatic rings. The van der Waals surface area contributed by atoms with Crippen molar-refractivity contribution in [2.45, 2.75) is 12.3 Å². The van der Waals surface area contributed by atoms with Crippen LogP contribution in [0.3, 0.4) is 0 Å². The fraction of sp³-hybridized carbons (Fsp3) is 0.500. The van der Waals surface area contributed by atoms with Crippen LogP contribution in [0.4, 0.5) is 0 Å². The quantitative estimate of drug-likeness (QED) is 0.735. The molecule has 0 amide bonds. The molecular weight excluding hydrogens is 220 g/mol. The molecule has 1 saturated heterocycles. The number of aromatic nitrogens is 2. The van der Waals surface area contributed by atoms with Crippen LogP contribution in [0.5, 0.6) is 0 Å². The molecule has 1 unspecified atom stereocenters. The third-order valence-corrected chi connectivity index (χ3v) is 2.42. The first-order valence-corrected chi connectivity index (χ1v) is 4.71. The number of hydrogen-bond acceptors (Lipinski definition) is 3. The number of hydrogen-bond donors (Lipinski definition) is 0. The molecule has 12 heavy (non-hydrogen) atoms. The molecule has 0 saturated carbocycles. The highest BCUT2D eigenvalue weighted by molar-refractivity contribution is 9.10. The van der Waals surface area contributed by atoms with E-state index in [2.05, 4.69) is 26.1 Å². The summed E-state index contributed by atoms with van der Waals surface area (Å²) >= 11 is 3.37. The molecule has 1 aromatic heterocycles. The molecular formula is C8H9BrN2O. The predicted octanol–water partition coefficient (Wildman–Crippen LogP) is 1.74. The third kappa shape index (κ3) is 1.64. The summed E-state index contributed by atoms with van der Waals surface area (Å²) in [5.41, 5.74) is 1.03. The van der Waals surface area contributed by atoms with E-state index in [1.54, 1.807) is 6.20 Å². The number of ether oxygens (including phenoxy) is 1. The zero-order valence-electron chi connectivity index (χ0n) is 6.53. The first kappa shape index (κ1) is 8.13. The van der Waals surface area contributed by atoms with Crippen LogP contribution in [-0.2, 0) is 4.74 Å². The van der Waals surface area contributed by atoms with E-state index in [1.807, 2.05) is 6.07 Å². The Hall–Kier alpha value is -0.480. The molecule has 1 aromatic rings. The SMILES string of the molecule is Brc1cnnc(C2CCOC2)c1. The summed E-state index contributed by atoms with van der Waals surface area (Å²) in [6.07, 6.45) is 2.75. The van der Waals surface area contributed by atoms with Gasteiger partial charge in [0.2, 0.25) is 0 Å². The van der Waals surface area contributed by atoms with E-state index in [9.17, 15) is 0 Å². The van der Waals surface area contributed by atoms with Crippen LogP contribution < -0.4 is 0 Å². The lowest BCUT2D eigenvalue weighted by molar-refractivity contribution is 0.193. The van der Waals surface area contributed by atoms with Gasteiger partial charge in [-0.3, -0.25) is 0 Å². The second-order valence-corrected chi connectivity index (χ2v) is 3.77. The highest BCUT2D eigenvalue weighted by Gasteiger charge is 2.19. The second kappa shape index (κ2) is 3.49. The Kier molecular flexibility index (Phi) is 2.37. The molecule has 2 rings (SSSR count). The number of rotatable bonds is 1. The van der Waals surface area contributed by atoms with E-state index in [-0.39, 0.29) is 0 Å². The molecule has 1 fully saturated rings. The van der Waals surface area contributed by atoms with Crippen molar-refractivity contribution >= 4 is 15.9 Å². The van der Waals surface area contributed by atoms with Gasteiger partial charge >= 0.3 is 0 Å². The summed E-state index contributed by atoms with van der Waals surface area (Å²) in [5, 5.41) is 7.94. The van der Waals surface area contributed by atoms with Gasteiger partial charge in [0.05, 0.1) is 18.5 Å². The predicted molar refractivity (Wildman–Crippen MR) is 47.9 cm³/mol. The van der Waals surface area contributed by atoms with E-state index in [0.29, 0.717) is 5.92 Å². The first-order valence-electron chi connectivity index (χ1n) is 3.92. The van der Waals surface area contributed by atoms with Crippen molar-refractivity contribution in [1.29, 1.82) is 0 Å². The fourth-order valence-electron chi connectivity index (χ4n) is 1.33. The highest BCUT2D eigenvalue weighted by atomic mass is 79.9. The van der Waals surface area contributed by atoms with Gasteiger partial charge in [0.1, 0.15) is 0 Å². The standard InChI is InChI=1S/C8H9BrN2O/c9-7-3-8(11-10-4-7)6-1-2-12-5-6/h3-4,6H,1-2,5H2. The molecule has 0 radical (unpaired) electrons. The lowest BCUT2D eigenvalue weighted by atomic mass is 10.1. The Labute approximate surface area is 79.3 Å². The largest absolute Gasteiger partial charge is 0.381 e. The molecule has 64 valence electrons. The summed E-state index contributed by atoms with van der Waals surface area (Å²) in [5.74, 6) is 0.440. The van der Waals surface area contributed by atoms with Crippen LogP contribution >= 0.6 is 15.9 Å². The molecule has 0 spiro atoms. The molecule has 0 aromatic carbocycles. The topological polar surface area (TPSA) is 35.0 Å². The molecule has 1 atom stereocenters. The van der Waals surface area contributed by atoms with E-state index in [1.165, 1.54) is 0 Å². The minimum Gasteiger partial charge on any atom is -0.381 e. The molecule has 3 nitrogen and oxygen atoms in total. The van der Waals surface area contributed by atoms with Crippen LogP contribution in [0, 0.1) is 0 Å². The smallest absolute Gasteiger partial charge is 0.0697 e. The van der Waals surface area contributed by atoms with Crippen LogP contribution in [-0.4, -0.2) is 23.4 Å². The minimum atomic E-state index is 0.440. The summed E-state index contributed by atoms with van der Waals surface area (Å²) in [4.78, 5) is 0. The van der Waals surface area contributed by atoms with Crippen molar-refractivity contribution < 1.29 is 4.74 Å². The highest BCUT2D eigenvalue weighted by Crippen LogP contribution is 2.24. The summed E-state index contributed by atoms with van der Waals surface area (Å²) in [6, 6.07) is 2.01. The Balaban J connectivity index is 2.21. The number of nitrogens with zero attached hydrogens (tertiary/aromatic N) is 2. The lowest BCUT2D eigenvalue weighted by Gasteiger charge is -2.04. The van der Waals surface area contributed by atoms with Gasteiger partial charge in [0, 0.05) is 17.0 Å². The van der Waals surface area contributed by atoms with E-state index in [4.69, 9.17) is 4.74 Å². The Morgan fingerprint density at radius 1 is 1.58 bits per heavy atom. The zero-order valence-corrected chi connectivity index (χ0v) is 8.12. The zero-order chi connectivity index (χ0) is 8.39. The van der Waals surface area contributed by atoms with Crippen LogP contribution in [0.25, 0.3) is 0 Å². The molecule has 4 heteroatoms. The molecule has 2 heterocycles. The van der Waals surface area contributed by atoms with Gasteiger partial charge in [0.25, 0.3) is 0 Å². The lowest BCUT2D eigenvalue weighted by Crippen LogP contribution is -2.01. The fourth-order valence-corrected chi connectivity index (χ4v) is 1.65. The van der Waals surface area contributed by atoms with Gasteiger partial charge in [-0.05, 0) is 28.4 Å². The van der Waals surface area contributed by atoms with Crippen molar-refractivity contribution in [1.82, 2.24) is 10.2 Å². The average Bonchev–Trinajstić information content (AvgIpc) is 2.56. The van der Waals surface area contributed by atoms with Gasteiger partial charge in [-0.2, -0.15) is 10.2 Å². The van der Waals surface area contributed by atoms with Crippen LogP contribution in [0.2, 0.25) is 0 Å². The number of halogens is 1. The van der Waals surface area contributed by atoms with Crippen molar-refractivity contribution in [3.63, 3.8) is 0 Å². The van der Waals surface area contributed by atoms with E-state index in [0.717, 1.165) is 29.8 Å². The van der Waals surface area contributed by atoms with Gasteiger partial charge in [-0.1, -0.05) is 0 Å². The second-order valence-electron chi connectivity index (χ2n) is 2.86. The summed E-state index contributed by atoms with van der Waals surface area (Å²) < 4.78 is 6.25. The Morgan fingerprint density at radius 3 is 3.17 bits per heavy atom. The van der Waals surface area contributed by atoms with Gasteiger partial charge in [0.15, 0.2) is 0 Å². The normalized spacial score (nSPS) is 22.9. The molecule has 0 bridgehead atoms. The molecule has 1 aliphatic heterocycles. The van der Waals surface area contributed by atoms with Crippen molar-refractivity contribution in [3.8, 4) is 0 Å². The van der Waals surface area contributed by atoms with Gasteiger partial charge in [-0.25, -0.2) is 0 Å². The van der Waals surface area contributed by atoms with Gasteiger partial charge in [-0.15, -0.1) is 0 Å². The molecule has 0 N–H and O–H groups in total. The van der Waals surface area contributed by atoms with E-state index >= 15 is 0 Å². The maximum atomic E-state index is 5.27. The monoisotopic (exact) mass is 228 g/mol. The maximum absolute atomic E-state index is 5.27. The van der Waals surface area contributed by atoms with Crippen molar-refractivity contribution in [2.75, 3.05) is 13.2 Å².